The van der Waals surface area contributed by atoms with E-state index in [9.17, 15) is 9.59 Å². The molecule has 1 aromatic carbocycles. The molecular weight excluding hydrogens is 394 g/mol. The lowest BCUT2D eigenvalue weighted by Crippen LogP contribution is -2.44. The fourth-order valence-electron chi connectivity index (χ4n) is 4.09. The molecule has 5 nitrogen and oxygen atoms in total. The van der Waals surface area contributed by atoms with E-state index in [1.165, 1.54) is 6.42 Å². The topological polar surface area (TPSA) is 88.0 Å². The maximum Gasteiger partial charge on any atom is 0.224 e. The van der Waals surface area contributed by atoms with Crippen LogP contribution in [-0.2, 0) is 16.0 Å². The molecule has 3 rings (SSSR count). The number of hydrogen-bond acceptors (Lipinski definition) is 2. The second-order valence-corrected chi connectivity index (χ2v) is 8.25. The van der Waals surface area contributed by atoms with E-state index in [0.717, 1.165) is 52.3 Å². The zero-order valence-corrected chi connectivity index (χ0v) is 16.7. The quantitative estimate of drug-likeness (QED) is 0.665. The van der Waals surface area contributed by atoms with Gasteiger partial charge in [0.25, 0.3) is 0 Å². The van der Waals surface area contributed by atoms with E-state index >= 15 is 0 Å². The van der Waals surface area contributed by atoms with Crippen molar-refractivity contribution in [3.05, 3.63) is 33.9 Å². The highest BCUT2D eigenvalue weighted by Gasteiger charge is 2.27. The number of nitrogens with two attached hydrogens (primary N) is 1. The highest BCUT2D eigenvalue weighted by Crippen LogP contribution is 2.29. The number of halogens is 1. The van der Waals surface area contributed by atoms with Crippen molar-refractivity contribution in [3.63, 3.8) is 0 Å². The minimum Gasteiger partial charge on any atom is -0.370 e. The number of amides is 2. The predicted octanol–water partition coefficient (Wildman–Crippen LogP) is 3.72. The van der Waals surface area contributed by atoms with Crippen molar-refractivity contribution in [2.24, 2.45) is 11.7 Å². The summed E-state index contributed by atoms with van der Waals surface area (Å²) >= 11 is 3.50. The standard InChI is InChI=1S/C20H26BrN3O2/c1-12-15(16-9-14(21)7-8-17(16)23-12)10-20(26)24-18(11-19(22)25)13-5-3-2-4-6-13/h7-9,13,18,23H,2-6,10-11H2,1H3,(H2,22,25)(H,24,26)/t18-/m0/s1. The molecule has 4 N–H and O–H groups in total. The SMILES string of the molecule is Cc1[nH]c2ccc(Br)cc2c1CC(=O)N[C@@H](CC(N)=O)C1CCCCC1. The Bertz CT molecular complexity index is 809. The van der Waals surface area contributed by atoms with Gasteiger partial charge in [0.05, 0.1) is 6.42 Å². The molecule has 0 unspecified atom stereocenters. The van der Waals surface area contributed by atoms with Gasteiger partial charge in [-0.15, -0.1) is 0 Å². The van der Waals surface area contributed by atoms with Crippen molar-refractivity contribution >= 4 is 38.6 Å². The summed E-state index contributed by atoms with van der Waals surface area (Å²) in [5.74, 6) is -0.0581. The summed E-state index contributed by atoms with van der Waals surface area (Å²) in [5.41, 5.74) is 8.45. The van der Waals surface area contributed by atoms with Crippen LogP contribution in [0.25, 0.3) is 10.9 Å². The molecule has 1 atom stereocenters. The number of aromatic amines is 1. The maximum absolute atomic E-state index is 12.7. The largest absolute Gasteiger partial charge is 0.370 e. The molecule has 1 aromatic heterocycles. The maximum atomic E-state index is 12.7. The lowest BCUT2D eigenvalue weighted by Gasteiger charge is -2.30. The van der Waals surface area contributed by atoms with E-state index in [2.05, 4.69) is 26.2 Å². The van der Waals surface area contributed by atoms with Gasteiger partial charge in [0, 0.05) is 33.5 Å². The van der Waals surface area contributed by atoms with Crippen LogP contribution in [0, 0.1) is 12.8 Å². The Balaban J connectivity index is 1.74. The molecule has 0 spiro atoms. The number of fused-ring (bicyclic) bond motifs is 1. The van der Waals surface area contributed by atoms with Gasteiger partial charge >= 0.3 is 0 Å². The van der Waals surface area contributed by atoms with Crippen LogP contribution in [-0.4, -0.2) is 22.8 Å². The molecule has 2 aromatic rings. The van der Waals surface area contributed by atoms with Crippen LogP contribution < -0.4 is 11.1 Å². The molecule has 1 aliphatic carbocycles. The normalized spacial score (nSPS) is 16.5. The average Bonchev–Trinajstić information content (AvgIpc) is 2.90. The van der Waals surface area contributed by atoms with Gasteiger partial charge in [-0.25, -0.2) is 0 Å². The van der Waals surface area contributed by atoms with Crippen molar-refractivity contribution in [3.8, 4) is 0 Å². The van der Waals surface area contributed by atoms with Gasteiger partial charge in [-0.3, -0.25) is 9.59 Å². The lowest BCUT2D eigenvalue weighted by molar-refractivity contribution is -0.122. The van der Waals surface area contributed by atoms with Crippen LogP contribution in [0.5, 0.6) is 0 Å². The monoisotopic (exact) mass is 419 g/mol. The van der Waals surface area contributed by atoms with E-state index in [4.69, 9.17) is 5.73 Å². The van der Waals surface area contributed by atoms with Crippen LogP contribution >= 0.6 is 15.9 Å². The molecule has 0 radical (unpaired) electrons. The Morgan fingerprint density at radius 1 is 1.31 bits per heavy atom. The summed E-state index contributed by atoms with van der Waals surface area (Å²) < 4.78 is 0.986. The van der Waals surface area contributed by atoms with E-state index in [1.807, 2.05) is 25.1 Å². The van der Waals surface area contributed by atoms with E-state index in [1.54, 1.807) is 0 Å². The molecule has 0 saturated heterocycles. The highest BCUT2D eigenvalue weighted by atomic mass is 79.9. The number of benzene rings is 1. The zero-order chi connectivity index (χ0) is 18.7. The number of carbonyl (C=O) groups excluding carboxylic acids is 2. The van der Waals surface area contributed by atoms with Crippen LogP contribution in [0.1, 0.15) is 49.8 Å². The lowest BCUT2D eigenvalue weighted by atomic mass is 9.82. The van der Waals surface area contributed by atoms with Crippen molar-refractivity contribution in [1.29, 1.82) is 0 Å². The Morgan fingerprint density at radius 3 is 2.73 bits per heavy atom. The fourth-order valence-corrected chi connectivity index (χ4v) is 4.45. The van der Waals surface area contributed by atoms with Crippen molar-refractivity contribution < 1.29 is 9.59 Å². The Labute approximate surface area is 162 Å². The number of rotatable bonds is 6. The molecule has 0 aliphatic heterocycles. The number of carbonyl (C=O) groups is 2. The molecule has 1 saturated carbocycles. The van der Waals surface area contributed by atoms with Crippen LogP contribution in [0.4, 0.5) is 0 Å². The highest BCUT2D eigenvalue weighted by molar-refractivity contribution is 9.10. The van der Waals surface area contributed by atoms with E-state index in [-0.39, 0.29) is 24.3 Å². The molecule has 1 aliphatic rings. The first kappa shape index (κ1) is 19.0. The smallest absolute Gasteiger partial charge is 0.224 e. The minimum absolute atomic E-state index is 0.0502. The Kier molecular flexibility index (Phi) is 6.01. The van der Waals surface area contributed by atoms with E-state index in [0.29, 0.717) is 12.3 Å². The number of H-pyrrole nitrogens is 1. The number of hydrogen-bond donors (Lipinski definition) is 3. The molecule has 0 bridgehead atoms. The third-order valence-electron chi connectivity index (χ3n) is 5.41. The summed E-state index contributed by atoms with van der Waals surface area (Å²) in [5, 5.41) is 4.15. The molecule has 1 fully saturated rings. The number of primary amides is 1. The van der Waals surface area contributed by atoms with Gasteiger partial charge in [-0.05, 0) is 49.4 Å². The van der Waals surface area contributed by atoms with Crippen LogP contribution in [0.15, 0.2) is 22.7 Å². The first-order valence-electron chi connectivity index (χ1n) is 9.28. The second kappa shape index (κ2) is 8.25. The zero-order valence-electron chi connectivity index (χ0n) is 15.1. The first-order chi connectivity index (χ1) is 12.4. The van der Waals surface area contributed by atoms with Gasteiger partial charge in [0.15, 0.2) is 0 Å². The first-order valence-corrected chi connectivity index (χ1v) is 10.1. The molecule has 1 heterocycles. The molecule has 2 amide bonds. The van der Waals surface area contributed by atoms with Gasteiger partial charge in [-0.2, -0.15) is 0 Å². The van der Waals surface area contributed by atoms with Gasteiger partial charge in [0.2, 0.25) is 11.8 Å². The molecule has 26 heavy (non-hydrogen) atoms. The number of aromatic nitrogens is 1. The minimum atomic E-state index is -0.354. The summed E-state index contributed by atoms with van der Waals surface area (Å²) in [6, 6.07) is 5.86. The second-order valence-electron chi connectivity index (χ2n) is 7.34. The summed E-state index contributed by atoms with van der Waals surface area (Å²) in [4.78, 5) is 27.5. The van der Waals surface area contributed by atoms with Crippen molar-refractivity contribution in [2.75, 3.05) is 0 Å². The van der Waals surface area contributed by atoms with E-state index < -0.39 is 0 Å². The average molecular weight is 420 g/mol. The third-order valence-corrected chi connectivity index (χ3v) is 5.90. The van der Waals surface area contributed by atoms with Crippen LogP contribution in [0.2, 0.25) is 0 Å². The van der Waals surface area contributed by atoms with Crippen LogP contribution in [0.3, 0.4) is 0 Å². The van der Waals surface area contributed by atoms with Gasteiger partial charge < -0.3 is 16.0 Å². The summed E-state index contributed by atoms with van der Waals surface area (Å²) in [6.45, 7) is 1.98. The van der Waals surface area contributed by atoms with Gasteiger partial charge in [-0.1, -0.05) is 35.2 Å². The molecular formula is C20H26BrN3O2. The summed E-state index contributed by atoms with van der Waals surface area (Å²) in [6.07, 6.45) is 6.17. The molecule has 6 heteroatoms. The summed E-state index contributed by atoms with van der Waals surface area (Å²) in [7, 11) is 0. The predicted molar refractivity (Wildman–Crippen MR) is 107 cm³/mol. The fraction of sp³-hybridized carbons (Fsp3) is 0.500. The van der Waals surface area contributed by atoms with Gasteiger partial charge in [0.1, 0.15) is 0 Å². The Morgan fingerprint density at radius 2 is 2.04 bits per heavy atom. The number of nitrogens with one attached hydrogen (secondary N) is 2. The van der Waals surface area contributed by atoms with Crippen molar-refractivity contribution in [1.82, 2.24) is 10.3 Å². The third kappa shape index (κ3) is 4.47. The van der Waals surface area contributed by atoms with Crippen molar-refractivity contribution in [2.45, 2.75) is 57.9 Å². The Hall–Kier alpha value is -1.82. The number of aryl methyl sites for hydroxylation is 1. The molecule has 140 valence electrons.